The molecule has 0 aromatic heterocycles. The van der Waals surface area contributed by atoms with Gasteiger partial charge in [0, 0.05) is 0 Å². The van der Waals surface area contributed by atoms with Gasteiger partial charge in [0.05, 0.1) is 12.7 Å². The van der Waals surface area contributed by atoms with Gasteiger partial charge in [0.2, 0.25) is 0 Å². The van der Waals surface area contributed by atoms with E-state index in [1.807, 2.05) is 13.8 Å². The molecule has 0 bridgehead atoms. The van der Waals surface area contributed by atoms with Crippen molar-refractivity contribution in [1.82, 2.24) is 0 Å². The van der Waals surface area contributed by atoms with Gasteiger partial charge >= 0.3 is 11.9 Å². The predicted molar refractivity (Wildman–Crippen MR) is 96.8 cm³/mol. The maximum absolute atomic E-state index is 11.8. The Morgan fingerprint density at radius 3 is 2.12 bits per heavy atom. The molecule has 0 aliphatic carbocycles. The van der Waals surface area contributed by atoms with Crippen LogP contribution < -0.4 is 9.47 Å². The van der Waals surface area contributed by atoms with E-state index in [9.17, 15) is 9.59 Å². The second kappa shape index (κ2) is 12.3. The summed E-state index contributed by atoms with van der Waals surface area (Å²) in [6, 6.07) is 6.75. The number of carbonyl (C=O) groups is 2. The number of para-hydroxylation sites is 2. The first kappa shape index (κ1) is 21.0. The lowest BCUT2D eigenvalue weighted by molar-refractivity contribution is -0.162. The molecule has 5 heteroatoms. The summed E-state index contributed by atoms with van der Waals surface area (Å²) in [7, 11) is 0. The Bertz CT molecular complexity index is 525. The number of hydrogen-bond acceptors (Lipinski definition) is 5. The van der Waals surface area contributed by atoms with Crippen molar-refractivity contribution in [2.45, 2.75) is 71.8 Å². The molecule has 0 amide bonds. The molecule has 0 N–H and O–H groups in total. The molecule has 140 valence electrons. The van der Waals surface area contributed by atoms with Crippen LogP contribution in [-0.2, 0) is 14.3 Å². The maximum atomic E-state index is 11.8. The zero-order valence-electron chi connectivity index (χ0n) is 15.6. The molecule has 0 spiro atoms. The van der Waals surface area contributed by atoms with E-state index in [0.29, 0.717) is 5.75 Å². The van der Waals surface area contributed by atoms with E-state index >= 15 is 0 Å². The number of hydrogen-bond donors (Lipinski definition) is 0. The lowest BCUT2D eigenvalue weighted by Crippen LogP contribution is -2.23. The van der Waals surface area contributed by atoms with Gasteiger partial charge in [-0.05, 0) is 32.4 Å². The van der Waals surface area contributed by atoms with Crippen molar-refractivity contribution in [3.63, 3.8) is 0 Å². The van der Waals surface area contributed by atoms with Gasteiger partial charge in [-0.25, -0.2) is 9.59 Å². The summed E-state index contributed by atoms with van der Waals surface area (Å²) >= 11 is 0. The van der Waals surface area contributed by atoms with Crippen molar-refractivity contribution < 1.29 is 23.8 Å². The lowest BCUT2D eigenvalue weighted by atomic mass is 10.1. The van der Waals surface area contributed by atoms with Gasteiger partial charge in [0.15, 0.2) is 11.5 Å². The minimum absolute atomic E-state index is 0.0656. The Kier molecular flexibility index (Phi) is 10.4. The smallest absolute Gasteiger partial charge is 0.422 e. The van der Waals surface area contributed by atoms with Crippen LogP contribution in [0.4, 0.5) is 0 Å². The van der Waals surface area contributed by atoms with Crippen molar-refractivity contribution in [1.29, 1.82) is 0 Å². The number of esters is 2. The van der Waals surface area contributed by atoms with E-state index in [1.165, 1.54) is 25.7 Å². The summed E-state index contributed by atoms with van der Waals surface area (Å²) in [4.78, 5) is 23.6. The third kappa shape index (κ3) is 9.13. The summed E-state index contributed by atoms with van der Waals surface area (Å²) < 4.78 is 15.6. The lowest BCUT2D eigenvalue weighted by Gasteiger charge is -2.13. The molecule has 5 nitrogen and oxygen atoms in total. The van der Waals surface area contributed by atoms with Crippen molar-refractivity contribution in [2.24, 2.45) is 0 Å². The fourth-order valence-corrected chi connectivity index (χ4v) is 2.31. The minimum atomic E-state index is -1.03. The molecule has 0 saturated carbocycles. The van der Waals surface area contributed by atoms with Crippen LogP contribution in [0.25, 0.3) is 0 Å². The van der Waals surface area contributed by atoms with E-state index in [0.717, 1.165) is 19.3 Å². The van der Waals surface area contributed by atoms with Crippen molar-refractivity contribution in [3.05, 3.63) is 24.3 Å². The second-order valence-corrected chi connectivity index (χ2v) is 6.26. The Hall–Kier alpha value is -2.04. The van der Waals surface area contributed by atoms with E-state index < -0.39 is 11.9 Å². The van der Waals surface area contributed by atoms with E-state index in [2.05, 4.69) is 6.92 Å². The van der Waals surface area contributed by atoms with Crippen LogP contribution in [0.1, 0.15) is 65.7 Å². The fourth-order valence-electron chi connectivity index (χ4n) is 2.31. The van der Waals surface area contributed by atoms with E-state index in [-0.39, 0.29) is 18.5 Å². The molecular weight excluding hydrogens is 320 g/mol. The first-order valence-electron chi connectivity index (χ1n) is 9.19. The summed E-state index contributed by atoms with van der Waals surface area (Å²) in [5.41, 5.74) is 0. The standard InChI is InChI=1S/C20H30O5/c1-4-5-6-7-8-9-12-15-23-19(21)20(22)25-18-14-11-10-13-17(18)24-16(2)3/h10-11,13-14,16H,4-9,12,15H2,1-3H3. The number of unbranched alkanes of at least 4 members (excludes halogenated alkanes) is 6. The summed E-state index contributed by atoms with van der Waals surface area (Å²) in [6.07, 6.45) is 7.77. The van der Waals surface area contributed by atoms with Gasteiger partial charge in [-0.3, -0.25) is 0 Å². The normalized spacial score (nSPS) is 10.6. The highest BCUT2D eigenvalue weighted by Crippen LogP contribution is 2.27. The summed E-state index contributed by atoms with van der Waals surface area (Å²) in [5, 5.41) is 0. The van der Waals surface area contributed by atoms with Crippen molar-refractivity contribution >= 4 is 11.9 Å². The summed E-state index contributed by atoms with van der Waals surface area (Å²) in [5.74, 6) is -1.35. The Morgan fingerprint density at radius 1 is 0.880 bits per heavy atom. The molecule has 0 fully saturated rings. The molecule has 0 aliphatic heterocycles. The quantitative estimate of drug-likeness (QED) is 0.251. The molecule has 0 aliphatic rings. The van der Waals surface area contributed by atoms with Gasteiger partial charge in [0.1, 0.15) is 0 Å². The minimum Gasteiger partial charge on any atom is -0.487 e. The second-order valence-electron chi connectivity index (χ2n) is 6.26. The molecule has 1 aromatic carbocycles. The van der Waals surface area contributed by atoms with Crippen LogP contribution in [-0.4, -0.2) is 24.6 Å². The maximum Gasteiger partial charge on any atom is 0.422 e. The average Bonchev–Trinajstić information content (AvgIpc) is 2.58. The Labute approximate surface area is 150 Å². The topological polar surface area (TPSA) is 61.8 Å². The predicted octanol–water partition coefficient (Wildman–Crippen LogP) is 4.67. The monoisotopic (exact) mass is 350 g/mol. The Balaban J connectivity index is 2.30. The number of ether oxygens (including phenoxy) is 3. The molecule has 25 heavy (non-hydrogen) atoms. The largest absolute Gasteiger partial charge is 0.487 e. The van der Waals surface area contributed by atoms with Crippen LogP contribution in [0.3, 0.4) is 0 Å². The molecule has 1 rings (SSSR count). The third-order valence-corrected chi connectivity index (χ3v) is 3.56. The van der Waals surface area contributed by atoms with Crippen LogP contribution in [0.2, 0.25) is 0 Å². The summed E-state index contributed by atoms with van der Waals surface area (Å²) in [6.45, 7) is 6.17. The van der Waals surface area contributed by atoms with Gasteiger partial charge < -0.3 is 14.2 Å². The Morgan fingerprint density at radius 2 is 1.48 bits per heavy atom. The molecule has 0 atom stereocenters. The molecule has 0 radical (unpaired) electrons. The fraction of sp³-hybridized carbons (Fsp3) is 0.600. The van der Waals surface area contributed by atoms with E-state index in [4.69, 9.17) is 14.2 Å². The first-order chi connectivity index (χ1) is 12.0. The first-order valence-corrected chi connectivity index (χ1v) is 9.19. The van der Waals surface area contributed by atoms with Crippen LogP contribution >= 0.6 is 0 Å². The van der Waals surface area contributed by atoms with E-state index in [1.54, 1.807) is 24.3 Å². The van der Waals surface area contributed by atoms with Crippen molar-refractivity contribution in [2.75, 3.05) is 6.61 Å². The zero-order valence-corrected chi connectivity index (χ0v) is 15.6. The van der Waals surface area contributed by atoms with Gasteiger partial charge in [-0.1, -0.05) is 57.6 Å². The van der Waals surface area contributed by atoms with Gasteiger partial charge in [0.25, 0.3) is 0 Å². The van der Waals surface area contributed by atoms with Gasteiger partial charge in [-0.2, -0.15) is 0 Å². The number of carbonyl (C=O) groups excluding carboxylic acids is 2. The molecule has 0 unspecified atom stereocenters. The van der Waals surface area contributed by atoms with Crippen LogP contribution in [0.5, 0.6) is 11.5 Å². The number of benzene rings is 1. The molecule has 0 heterocycles. The SMILES string of the molecule is CCCCCCCCCOC(=O)C(=O)Oc1ccccc1OC(C)C. The highest BCUT2D eigenvalue weighted by Gasteiger charge is 2.20. The zero-order chi connectivity index (χ0) is 18.5. The average molecular weight is 350 g/mol. The molecule has 0 saturated heterocycles. The third-order valence-electron chi connectivity index (χ3n) is 3.56. The highest BCUT2D eigenvalue weighted by atomic mass is 16.6. The van der Waals surface area contributed by atoms with Crippen molar-refractivity contribution in [3.8, 4) is 11.5 Å². The van der Waals surface area contributed by atoms with Crippen LogP contribution in [0.15, 0.2) is 24.3 Å². The number of rotatable bonds is 11. The highest BCUT2D eigenvalue weighted by molar-refractivity contribution is 6.30. The molecular formula is C20H30O5. The molecule has 1 aromatic rings. The van der Waals surface area contributed by atoms with Crippen LogP contribution in [0, 0.1) is 0 Å². The van der Waals surface area contributed by atoms with Gasteiger partial charge in [-0.15, -0.1) is 0 Å².